The molecule has 0 rings (SSSR count). The molecule has 74 valence electrons. The molecule has 0 aliphatic rings. The fraction of sp³-hybridized carbons (Fsp3) is 1.00. The van der Waals surface area contributed by atoms with Crippen molar-refractivity contribution in [1.82, 2.24) is 0 Å². The minimum absolute atomic E-state index is 0. The molecule has 0 saturated heterocycles. The van der Waals surface area contributed by atoms with Gasteiger partial charge in [-0.15, -0.1) is 0 Å². The van der Waals surface area contributed by atoms with Gasteiger partial charge in [-0.25, -0.2) is 0 Å². The first-order chi connectivity index (χ1) is 5.37. The van der Waals surface area contributed by atoms with Crippen LogP contribution in [0.5, 0.6) is 0 Å². The minimum atomic E-state index is -3.62. The largest absolute Gasteiger partial charge is 1.00 e. The first kappa shape index (κ1) is 21.4. The predicted molar refractivity (Wildman–Crippen MR) is 45.2 cm³/mol. The molecule has 0 aliphatic heterocycles. The van der Waals surface area contributed by atoms with Crippen LogP contribution in [0, 0.1) is 0 Å². The third-order valence-electron chi connectivity index (χ3n) is 1.56. The van der Waals surface area contributed by atoms with Gasteiger partial charge in [0.15, 0.2) is 0 Å². The van der Waals surface area contributed by atoms with E-state index in [0.717, 1.165) is 6.66 Å². The molecular weight excluding hydrogens is 225 g/mol. The van der Waals surface area contributed by atoms with Crippen molar-refractivity contribution in [3.63, 3.8) is 0 Å². The summed E-state index contributed by atoms with van der Waals surface area (Å²) < 4.78 is 21.3. The average molecular weight is 241 g/mol. The Morgan fingerprint density at radius 1 is 1.21 bits per heavy atom. The summed E-state index contributed by atoms with van der Waals surface area (Å²) >= 11 is 0. The molecule has 0 radical (unpaired) electrons. The minimum Gasteiger partial charge on any atom is -0.796 e. The van der Waals surface area contributed by atoms with Crippen molar-refractivity contribution in [2.45, 2.75) is 26.3 Å². The smallest absolute Gasteiger partial charge is 0.796 e. The summed E-state index contributed by atoms with van der Waals surface area (Å²) in [4.78, 5) is 11.2. The number of ether oxygens (including phenoxy) is 2. The quantitative estimate of drug-likeness (QED) is 0.275. The van der Waals surface area contributed by atoms with E-state index in [1.165, 1.54) is 6.92 Å². The van der Waals surface area contributed by atoms with Crippen LogP contribution in [0.2, 0.25) is 0 Å². The second-order valence-electron chi connectivity index (χ2n) is 2.61. The van der Waals surface area contributed by atoms with Gasteiger partial charge in [0.25, 0.3) is 0 Å². The molecule has 0 aromatic carbocycles. The van der Waals surface area contributed by atoms with E-state index in [0.29, 0.717) is 13.2 Å². The molecule has 1 atom stereocenters. The van der Waals surface area contributed by atoms with Gasteiger partial charge in [-0.05, 0) is 27.4 Å². The molecule has 0 heterocycles. The van der Waals surface area contributed by atoms with Gasteiger partial charge in [0.2, 0.25) is 5.53 Å². The Balaban J connectivity index is -0.000000605. The Morgan fingerprint density at radius 3 is 1.64 bits per heavy atom. The summed E-state index contributed by atoms with van der Waals surface area (Å²) in [5.74, 6) is 0. The SMILES string of the molecule is CCOC(C)(OCC)P(C)(=O)[O-].[Na+].[Na+]. The van der Waals surface area contributed by atoms with Gasteiger partial charge in [-0.2, -0.15) is 0 Å². The molecule has 0 aromatic rings. The first-order valence-electron chi connectivity index (χ1n) is 3.94. The van der Waals surface area contributed by atoms with E-state index >= 15 is 0 Å². The molecule has 0 aromatic heterocycles. The van der Waals surface area contributed by atoms with E-state index in [-0.39, 0.29) is 59.1 Å². The predicted octanol–water partition coefficient (Wildman–Crippen LogP) is -4.99. The normalized spacial score (nSPS) is 14.9. The van der Waals surface area contributed by atoms with Crippen LogP contribution in [0.3, 0.4) is 0 Å². The van der Waals surface area contributed by atoms with Crippen LogP contribution in [0.15, 0.2) is 0 Å². The molecule has 0 saturated carbocycles. The van der Waals surface area contributed by atoms with Crippen LogP contribution in [0.4, 0.5) is 0 Å². The van der Waals surface area contributed by atoms with Crippen LogP contribution < -0.4 is 64.0 Å². The molecule has 0 bridgehead atoms. The van der Waals surface area contributed by atoms with E-state index < -0.39 is 12.9 Å². The number of hydrogen-bond donors (Lipinski definition) is 0. The fourth-order valence-corrected chi connectivity index (χ4v) is 1.54. The zero-order valence-corrected chi connectivity index (χ0v) is 14.9. The molecule has 4 nitrogen and oxygen atoms in total. The van der Waals surface area contributed by atoms with Crippen molar-refractivity contribution in [2.75, 3.05) is 19.9 Å². The van der Waals surface area contributed by atoms with E-state index in [4.69, 9.17) is 9.47 Å². The van der Waals surface area contributed by atoms with E-state index in [9.17, 15) is 9.46 Å². The zero-order valence-electron chi connectivity index (χ0n) is 9.99. The van der Waals surface area contributed by atoms with Gasteiger partial charge in [-0.1, -0.05) is 0 Å². The third kappa shape index (κ3) is 6.64. The molecule has 0 N–H and O–H groups in total. The fourth-order valence-electron chi connectivity index (χ4n) is 0.812. The van der Waals surface area contributed by atoms with Crippen molar-refractivity contribution < 1.29 is 78.0 Å². The zero-order chi connectivity index (χ0) is 9.83. The number of rotatable bonds is 5. The molecule has 7 heteroatoms. The maximum absolute atomic E-state index is 11.2. The molecule has 1 unspecified atom stereocenters. The molecule has 0 spiro atoms. The summed E-state index contributed by atoms with van der Waals surface area (Å²) in [6.07, 6.45) is 0. The summed E-state index contributed by atoms with van der Waals surface area (Å²) in [5.41, 5.74) is -1.46. The Hall–Kier alpha value is 2.11. The van der Waals surface area contributed by atoms with Gasteiger partial charge in [0, 0.05) is 13.2 Å². The second-order valence-corrected chi connectivity index (χ2v) is 5.11. The maximum atomic E-state index is 11.2. The van der Waals surface area contributed by atoms with Crippen LogP contribution in [-0.2, 0) is 14.0 Å². The van der Waals surface area contributed by atoms with Crippen molar-refractivity contribution in [3.8, 4) is 0 Å². The summed E-state index contributed by atoms with van der Waals surface area (Å²) in [6, 6.07) is 0. The Kier molecular flexibility index (Phi) is 14.0. The van der Waals surface area contributed by atoms with Gasteiger partial charge in [0.1, 0.15) is 0 Å². The van der Waals surface area contributed by atoms with E-state index in [2.05, 4.69) is 0 Å². The van der Waals surface area contributed by atoms with Crippen LogP contribution in [-0.4, -0.2) is 25.4 Å². The standard InChI is InChI=1S/C7H17O4P.2Na/c1-5-10-7(3,11-6-2)12(4,8)9;;/h5-6H2,1-4H3,(H,8,9);;/q;2*+1/p-1. The number of hydrogen-bond acceptors (Lipinski definition) is 4. The Bertz CT molecular complexity index is 177. The topological polar surface area (TPSA) is 58.6 Å². The van der Waals surface area contributed by atoms with Crippen molar-refractivity contribution in [3.05, 3.63) is 0 Å². The molecular formula is C7H16Na2O4P+. The Labute approximate surface area is 130 Å². The van der Waals surface area contributed by atoms with E-state index in [1.807, 2.05) is 0 Å². The van der Waals surface area contributed by atoms with Crippen LogP contribution in [0.1, 0.15) is 20.8 Å². The average Bonchev–Trinajstić information content (AvgIpc) is 1.86. The summed E-state index contributed by atoms with van der Waals surface area (Å²) in [6.45, 7) is 6.64. The first-order valence-corrected chi connectivity index (χ1v) is 6.01. The van der Waals surface area contributed by atoms with Gasteiger partial charge >= 0.3 is 59.1 Å². The van der Waals surface area contributed by atoms with Crippen LogP contribution >= 0.6 is 7.37 Å². The molecule has 14 heavy (non-hydrogen) atoms. The molecule has 0 amide bonds. The van der Waals surface area contributed by atoms with Gasteiger partial charge < -0.3 is 18.9 Å². The van der Waals surface area contributed by atoms with Crippen LogP contribution in [0.25, 0.3) is 0 Å². The Morgan fingerprint density at radius 2 is 1.50 bits per heavy atom. The van der Waals surface area contributed by atoms with Crippen molar-refractivity contribution >= 4 is 7.37 Å². The molecule has 0 fully saturated rings. The second kappa shape index (κ2) is 9.17. The molecule has 0 aliphatic carbocycles. The van der Waals surface area contributed by atoms with Gasteiger partial charge in [0.05, 0.1) is 7.37 Å². The summed E-state index contributed by atoms with van der Waals surface area (Å²) in [5, 5.41) is 0. The van der Waals surface area contributed by atoms with E-state index in [1.54, 1.807) is 13.8 Å². The van der Waals surface area contributed by atoms with Gasteiger partial charge in [-0.3, -0.25) is 0 Å². The van der Waals surface area contributed by atoms with Crippen molar-refractivity contribution in [2.24, 2.45) is 0 Å². The van der Waals surface area contributed by atoms with Crippen molar-refractivity contribution in [1.29, 1.82) is 0 Å². The third-order valence-corrected chi connectivity index (χ3v) is 3.30. The summed E-state index contributed by atoms with van der Waals surface area (Å²) in [7, 11) is -3.62. The maximum Gasteiger partial charge on any atom is 1.00 e. The monoisotopic (exact) mass is 241 g/mol.